The Morgan fingerprint density at radius 3 is 1.77 bits per heavy atom. The molecular formula is C76H102O12Si2. The minimum absolute atomic E-state index is 0.101. The van der Waals surface area contributed by atoms with E-state index in [0.717, 1.165) is 16.9 Å². The maximum atomic E-state index is 13.4. The number of fused-ring (bicyclic) bond motifs is 1. The van der Waals surface area contributed by atoms with E-state index in [4.69, 9.17) is 42.0 Å². The van der Waals surface area contributed by atoms with Gasteiger partial charge in [-0.05, 0) is 118 Å². The van der Waals surface area contributed by atoms with Gasteiger partial charge in [0, 0.05) is 37.4 Å². The lowest BCUT2D eigenvalue weighted by molar-refractivity contribution is -0.274. The molecule has 0 saturated carbocycles. The number of rotatable bonds is 27. The summed E-state index contributed by atoms with van der Waals surface area (Å²) in [4.78, 5) is 25.7. The van der Waals surface area contributed by atoms with Crippen molar-refractivity contribution in [1.82, 2.24) is 0 Å². The van der Waals surface area contributed by atoms with Crippen LogP contribution in [0.1, 0.15) is 133 Å². The second-order valence-electron chi connectivity index (χ2n) is 28.2. The van der Waals surface area contributed by atoms with Crippen LogP contribution in [0.15, 0.2) is 182 Å². The van der Waals surface area contributed by atoms with E-state index in [-0.39, 0.29) is 46.5 Å². The van der Waals surface area contributed by atoms with E-state index >= 15 is 0 Å². The fraction of sp³-hybridized carbons (Fsp3) is 0.500. The smallest absolute Gasteiger partial charge is 0.333 e. The molecule has 0 bridgehead atoms. The number of ether oxygens (including phenoxy) is 7. The highest BCUT2D eigenvalue weighted by Gasteiger charge is 2.57. The Bertz CT molecular complexity index is 3060. The maximum Gasteiger partial charge on any atom is 0.333 e. The molecule has 0 spiro atoms. The fourth-order valence-electron chi connectivity index (χ4n) is 13.7. The molecule has 486 valence electrons. The highest BCUT2D eigenvalue weighted by Crippen LogP contribution is 2.45. The SMILES string of the molecule is C=C([C@H](C)C/C=C(\C[C@@H]1O[C@@H](CCCOC(=O)C(C)(C)C)CC1=C)C(=O)OC)[C@H](O)C[C@@H]1O[C@H]2C[C@@H](O[Si](c3ccccc3)(c3ccccc3)C(C)(C)C)[C@@H](CCO[Si](c3ccccc3)(c3ccccc3)C(C)(C)C)O[C@H]2[C@H](C)[C@H]1OCc1ccc(OC)cc1. The van der Waals surface area contributed by atoms with Gasteiger partial charge >= 0.3 is 11.9 Å². The molecule has 1 N–H and O–H groups in total. The van der Waals surface area contributed by atoms with Crippen LogP contribution < -0.4 is 25.5 Å². The van der Waals surface area contributed by atoms with Gasteiger partial charge in [0.1, 0.15) is 5.75 Å². The van der Waals surface area contributed by atoms with Gasteiger partial charge in [-0.2, -0.15) is 0 Å². The van der Waals surface area contributed by atoms with Crippen LogP contribution in [0.2, 0.25) is 10.1 Å². The van der Waals surface area contributed by atoms with Gasteiger partial charge in [-0.25, -0.2) is 4.79 Å². The molecule has 3 saturated heterocycles. The zero-order valence-electron chi connectivity index (χ0n) is 55.9. The largest absolute Gasteiger partial charge is 0.497 e. The Morgan fingerprint density at radius 2 is 1.26 bits per heavy atom. The topological polar surface area (TPSA) is 137 Å². The van der Waals surface area contributed by atoms with E-state index in [2.05, 4.69) is 183 Å². The van der Waals surface area contributed by atoms with Crippen molar-refractivity contribution in [3.63, 3.8) is 0 Å². The minimum Gasteiger partial charge on any atom is -0.497 e. The predicted octanol–water partition coefficient (Wildman–Crippen LogP) is 13.0. The van der Waals surface area contributed by atoms with Gasteiger partial charge in [0.15, 0.2) is 0 Å². The van der Waals surface area contributed by atoms with Gasteiger partial charge in [-0.3, -0.25) is 4.79 Å². The summed E-state index contributed by atoms with van der Waals surface area (Å²) in [5, 5.41) is 16.7. The Kier molecular flexibility index (Phi) is 24.0. The number of methoxy groups -OCH3 is 2. The van der Waals surface area contributed by atoms with Gasteiger partial charge < -0.3 is 47.1 Å². The molecule has 0 aromatic heterocycles. The van der Waals surface area contributed by atoms with E-state index in [9.17, 15) is 14.7 Å². The number of hydrogen-bond acceptors (Lipinski definition) is 12. The van der Waals surface area contributed by atoms with Crippen molar-refractivity contribution >= 4 is 49.3 Å². The lowest BCUT2D eigenvalue weighted by Crippen LogP contribution is -2.70. The summed E-state index contributed by atoms with van der Waals surface area (Å²) in [5.41, 5.74) is 2.40. The van der Waals surface area contributed by atoms with Gasteiger partial charge in [0.2, 0.25) is 0 Å². The summed E-state index contributed by atoms with van der Waals surface area (Å²) in [5.74, 6) is -0.354. The first-order valence-corrected chi connectivity index (χ1v) is 36.4. The first kappa shape index (κ1) is 70.1. The van der Waals surface area contributed by atoms with E-state index in [1.54, 1.807) is 7.11 Å². The number of carbonyl (C=O) groups excluding carboxylic acids is 2. The van der Waals surface area contributed by atoms with Gasteiger partial charge in [0.25, 0.3) is 16.6 Å². The molecule has 0 amide bonds. The molecule has 11 atom stereocenters. The average Bonchev–Trinajstić information content (AvgIpc) is 0.851. The van der Waals surface area contributed by atoms with Crippen molar-refractivity contribution in [2.45, 2.75) is 199 Å². The van der Waals surface area contributed by atoms with Crippen LogP contribution >= 0.6 is 0 Å². The van der Waals surface area contributed by atoms with E-state index < -0.39 is 70.7 Å². The summed E-state index contributed by atoms with van der Waals surface area (Å²) >= 11 is 0. The quantitative estimate of drug-likeness (QED) is 0.0176. The van der Waals surface area contributed by atoms with E-state index in [1.807, 2.05) is 58.0 Å². The van der Waals surface area contributed by atoms with Crippen molar-refractivity contribution < 1.29 is 56.7 Å². The standard InChI is InChI=1S/C76H102O12Si2/c1-52(38-41-57(72(78)81-15)48-66-53(2)47-59(85-66)29-28-45-82-73(79)74(5,6)7)54(3)64(77)49-68-70(83-51-56-39-42-58(80-14)43-40-56)55(4)71-69(86-68)50-67(88-90(76(11,12)13,62-34-24-18-25-35-62)63-36-26-19-27-37-63)65(87-71)44-46-84-89(75(8,9)10,60-30-20-16-21-31-60)61-32-22-17-23-33-61/h16-27,30-37,39-43,52,55,59,64-71,77H,2-3,28-29,38,44-51H2,1,4-15H3/b57-41+/t52-,55-,59+,64-,65-,66+,67-,68+,69+,70-,71+/m1/s1. The van der Waals surface area contributed by atoms with Gasteiger partial charge in [-0.15, -0.1) is 0 Å². The highest BCUT2D eigenvalue weighted by molar-refractivity contribution is 7.00. The second-order valence-corrected chi connectivity index (χ2v) is 36.8. The number of allylic oxidation sites excluding steroid dienone is 1. The van der Waals surface area contributed by atoms with Gasteiger partial charge in [-0.1, -0.05) is 208 Å². The summed E-state index contributed by atoms with van der Waals surface area (Å²) < 4.78 is 60.6. The summed E-state index contributed by atoms with van der Waals surface area (Å²) in [6.07, 6.45) is 1.72. The van der Waals surface area contributed by atoms with Crippen molar-refractivity contribution in [2.75, 3.05) is 27.4 Å². The number of aliphatic hydroxyl groups excluding tert-OH is 1. The molecule has 12 nitrogen and oxygen atoms in total. The summed E-state index contributed by atoms with van der Waals surface area (Å²) in [6.45, 7) is 33.4. The molecular weight excluding hydrogens is 1160 g/mol. The van der Waals surface area contributed by atoms with Crippen molar-refractivity contribution in [2.24, 2.45) is 17.3 Å². The maximum absolute atomic E-state index is 13.4. The molecule has 8 rings (SSSR count). The average molecular weight is 1260 g/mol. The van der Waals surface area contributed by atoms with Crippen LogP contribution in [0, 0.1) is 17.3 Å². The Balaban J connectivity index is 1.08. The van der Waals surface area contributed by atoms with Crippen LogP contribution in [0.3, 0.4) is 0 Å². The van der Waals surface area contributed by atoms with Crippen LogP contribution in [0.5, 0.6) is 5.75 Å². The van der Waals surface area contributed by atoms with Crippen LogP contribution in [-0.4, -0.2) is 116 Å². The monoisotopic (exact) mass is 1260 g/mol. The second kappa shape index (κ2) is 30.8. The Morgan fingerprint density at radius 1 is 0.711 bits per heavy atom. The summed E-state index contributed by atoms with van der Waals surface area (Å²) in [6, 6.07) is 51.0. The number of hydrogen-bond donors (Lipinski definition) is 1. The van der Waals surface area contributed by atoms with Crippen molar-refractivity contribution in [1.29, 1.82) is 0 Å². The molecule has 0 aliphatic carbocycles. The first-order chi connectivity index (χ1) is 42.8. The molecule has 3 aliphatic heterocycles. The molecule has 0 radical (unpaired) electrons. The van der Waals surface area contributed by atoms with Gasteiger partial charge in [0.05, 0.1) is 87.8 Å². The number of esters is 2. The van der Waals surface area contributed by atoms with Crippen LogP contribution in [-0.2, 0) is 53.5 Å². The molecule has 3 fully saturated rings. The van der Waals surface area contributed by atoms with E-state index in [0.29, 0.717) is 75.9 Å². The zero-order valence-corrected chi connectivity index (χ0v) is 57.9. The lowest BCUT2D eigenvalue weighted by Gasteiger charge is -2.54. The molecule has 5 aromatic carbocycles. The van der Waals surface area contributed by atoms with Crippen LogP contribution in [0.25, 0.3) is 0 Å². The third kappa shape index (κ3) is 16.5. The summed E-state index contributed by atoms with van der Waals surface area (Å²) in [7, 11) is -3.08. The molecule has 5 aromatic rings. The number of aliphatic hydroxyl groups is 1. The Hall–Kier alpha value is -5.79. The fourth-order valence-corrected chi connectivity index (χ4v) is 23.0. The minimum atomic E-state index is -3.17. The molecule has 0 unspecified atom stereocenters. The Labute approximate surface area is 540 Å². The third-order valence-electron chi connectivity index (χ3n) is 18.7. The lowest BCUT2D eigenvalue weighted by atomic mass is 9.80. The van der Waals surface area contributed by atoms with Crippen molar-refractivity contribution in [3.05, 3.63) is 187 Å². The third-order valence-corrected chi connectivity index (χ3v) is 28.8. The normalized spacial score (nSPS) is 23.3. The molecule has 14 heteroatoms. The van der Waals surface area contributed by atoms with E-state index in [1.165, 1.54) is 27.9 Å². The number of carbonyl (C=O) groups is 2. The number of benzene rings is 5. The first-order valence-electron chi connectivity index (χ1n) is 32.5. The predicted molar refractivity (Wildman–Crippen MR) is 364 cm³/mol. The molecule has 3 aliphatic rings. The zero-order chi connectivity index (χ0) is 65.0. The van der Waals surface area contributed by atoms with Crippen LogP contribution in [0.4, 0.5) is 0 Å². The highest BCUT2D eigenvalue weighted by atomic mass is 28.4. The molecule has 3 heterocycles. The van der Waals surface area contributed by atoms with Crippen molar-refractivity contribution in [3.8, 4) is 5.75 Å². The molecule has 90 heavy (non-hydrogen) atoms.